The number of fused-ring (bicyclic) bond motifs is 7. The lowest BCUT2D eigenvalue weighted by atomic mass is 9.91. The third-order valence-electron chi connectivity index (χ3n) is 12.4. The standard InChI is InChI=1S/C56H39N3O/c1-2-9-38(10-3-1)54-57-55(39-23-21-37(22-24-39)44-27-28-53-51(34-44)48-15-6-7-16-52(48)60-53)59-56(58-54)46-14-8-13-40(29-46)35-17-19-36(20-18-35)43-25-26-45-31-47-30-41-11-4-5-12-42(41)32-50(47)49(45)33-43/h1-7,9-12,14-30,32-34,55H,8,13,31H2,(H,57,58,59). The molecule has 0 amide bonds. The molecule has 0 spiro atoms. The maximum absolute atomic E-state index is 6.09. The highest BCUT2D eigenvalue weighted by molar-refractivity contribution is 6.14. The molecule has 3 aliphatic rings. The first-order valence-electron chi connectivity index (χ1n) is 20.8. The van der Waals surface area contributed by atoms with E-state index in [1.54, 1.807) is 0 Å². The number of aliphatic imine (C=N–C) groups is 2. The fraction of sp³-hybridized carbons (Fsp3) is 0.0714. The van der Waals surface area contributed by atoms with Gasteiger partial charge in [-0.1, -0.05) is 152 Å². The van der Waals surface area contributed by atoms with Gasteiger partial charge in [0.1, 0.15) is 23.2 Å². The van der Waals surface area contributed by atoms with Gasteiger partial charge in [0.2, 0.25) is 0 Å². The normalized spacial score (nSPS) is 15.8. The van der Waals surface area contributed by atoms with Crippen LogP contribution in [-0.4, -0.2) is 11.7 Å². The van der Waals surface area contributed by atoms with Crippen LogP contribution >= 0.6 is 0 Å². The topological polar surface area (TPSA) is 49.9 Å². The van der Waals surface area contributed by atoms with Gasteiger partial charge in [-0.25, -0.2) is 9.98 Å². The quantitative estimate of drug-likeness (QED) is 0.183. The Labute approximate surface area is 348 Å². The Balaban J connectivity index is 0.818. The molecule has 1 unspecified atom stereocenters. The molecular formula is C56H39N3O. The zero-order chi connectivity index (χ0) is 39.6. The van der Waals surface area contributed by atoms with E-state index in [4.69, 9.17) is 14.4 Å². The summed E-state index contributed by atoms with van der Waals surface area (Å²) in [7, 11) is 0. The van der Waals surface area contributed by atoms with Crippen LogP contribution in [0.15, 0.2) is 208 Å². The van der Waals surface area contributed by atoms with Crippen molar-refractivity contribution in [3.63, 3.8) is 0 Å². The summed E-state index contributed by atoms with van der Waals surface area (Å²) in [4.78, 5) is 10.3. The van der Waals surface area contributed by atoms with Crippen molar-refractivity contribution in [3.05, 3.63) is 221 Å². The molecule has 12 rings (SSSR count). The van der Waals surface area contributed by atoms with Gasteiger partial charge in [-0.15, -0.1) is 0 Å². The van der Waals surface area contributed by atoms with E-state index in [-0.39, 0.29) is 6.17 Å². The maximum Gasteiger partial charge on any atom is 0.159 e. The SMILES string of the molecule is C1=C(C2=NC(c3ccccc3)=NC(c3ccc(-c4ccc5oc6ccccc6c5c4)cc3)N2)C=C(c2ccc(-c3ccc4c(c3)-c3cc5ccccc5cc3C4)cc2)CC1. The third kappa shape index (κ3) is 6.08. The second-order valence-electron chi connectivity index (χ2n) is 16.1. The summed E-state index contributed by atoms with van der Waals surface area (Å²) in [6.07, 6.45) is 7.23. The number of nitrogens with zero attached hydrogens (tertiary/aromatic N) is 2. The van der Waals surface area contributed by atoms with E-state index < -0.39 is 0 Å². The van der Waals surface area contributed by atoms with Gasteiger partial charge in [-0.05, 0) is 128 Å². The van der Waals surface area contributed by atoms with Crippen LogP contribution in [0.4, 0.5) is 0 Å². The Morgan fingerprint density at radius 3 is 2.03 bits per heavy atom. The zero-order valence-electron chi connectivity index (χ0n) is 32.9. The van der Waals surface area contributed by atoms with E-state index in [0.29, 0.717) is 0 Å². The fourth-order valence-electron chi connectivity index (χ4n) is 9.27. The Hall–Kier alpha value is -7.56. The monoisotopic (exact) mass is 769 g/mol. The van der Waals surface area contributed by atoms with Crippen molar-refractivity contribution in [2.75, 3.05) is 0 Å². The number of allylic oxidation sites excluding steroid dienone is 2. The van der Waals surface area contributed by atoms with E-state index in [1.165, 1.54) is 55.3 Å². The summed E-state index contributed by atoms with van der Waals surface area (Å²) in [6, 6.07) is 63.2. The molecule has 284 valence electrons. The van der Waals surface area contributed by atoms with Crippen molar-refractivity contribution in [1.82, 2.24) is 5.32 Å². The number of furan rings is 1. The molecule has 4 heteroatoms. The zero-order valence-corrected chi connectivity index (χ0v) is 32.9. The summed E-state index contributed by atoms with van der Waals surface area (Å²) in [5, 5.41) is 8.58. The Morgan fingerprint density at radius 1 is 0.517 bits per heavy atom. The van der Waals surface area contributed by atoms with Crippen molar-refractivity contribution in [2.45, 2.75) is 25.4 Å². The van der Waals surface area contributed by atoms with E-state index >= 15 is 0 Å². The number of benzene rings is 8. The summed E-state index contributed by atoms with van der Waals surface area (Å²) in [5.74, 6) is 1.57. The second kappa shape index (κ2) is 14.1. The largest absolute Gasteiger partial charge is 0.456 e. The fourth-order valence-corrected chi connectivity index (χ4v) is 9.27. The number of rotatable bonds is 6. The van der Waals surface area contributed by atoms with Gasteiger partial charge in [0, 0.05) is 21.9 Å². The maximum atomic E-state index is 6.09. The first-order chi connectivity index (χ1) is 29.7. The highest BCUT2D eigenvalue weighted by atomic mass is 16.3. The smallest absolute Gasteiger partial charge is 0.159 e. The minimum atomic E-state index is -0.293. The van der Waals surface area contributed by atoms with Crippen molar-refractivity contribution >= 4 is 50.0 Å². The number of hydrogen-bond donors (Lipinski definition) is 1. The first-order valence-corrected chi connectivity index (χ1v) is 20.8. The summed E-state index contributed by atoms with van der Waals surface area (Å²) < 4.78 is 6.09. The van der Waals surface area contributed by atoms with Gasteiger partial charge >= 0.3 is 0 Å². The molecule has 0 saturated carbocycles. The molecule has 1 N–H and O–H groups in total. The van der Waals surface area contributed by atoms with Gasteiger partial charge in [-0.3, -0.25) is 0 Å². The molecule has 2 aliphatic carbocycles. The van der Waals surface area contributed by atoms with Crippen LogP contribution in [0, 0.1) is 0 Å². The van der Waals surface area contributed by atoms with E-state index in [9.17, 15) is 0 Å². The van der Waals surface area contributed by atoms with E-state index in [1.807, 2.05) is 30.3 Å². The van der Waals surface area contributed by atoms with Gasteiger partial charge in [0.15, 0.2) is 5.84 Å². The molecule has 0 bridgehead atoms. The molecule has 2 heterocycles. The molecule has 60 heavy (non-hydrogen) atoms. The van der Waals surface area contributed by atoms with Crippen molar-refractivity contribution in [2.24, 2.45) is 9.98 Å². The summed E-state index contributed by atoms with van der Waals surface area (Å²) in [6.45, 7) is 0. The second-order valence-corrected chi connectivity index (χ2v) is 16.1. The van der Waals surface area contributed by atoms with Crippen molar-refractivity contribution < 1.29 is 4.42 Å². The average Bonchev–Trinajstić information content (AvgIpc) is 3.88. The number of amidine groups is 2. The Kier molecular flexibility index (Phi) is 8.09. The van der Waals surface area contributed by atoms with Crippen molar-refractivity contribution in [1.29, 1.82) is 0 Å². The molecule has 0 radical (unpaired) electrons. The first kappa shape index (κ1) is 34.5. The third-order valence-corrected chi connectivity index (χ3v) is 12.4. The molecule has 1 atom stereocenters. The molecule has 9 aromatic rings. The highest BCUT2D eigenvalue weighted by Crippen LogP contribution is 2.41. The Morgan fingerprint density at radius 2 is 1.18 bits per heavy atom. The van der Waals surface area contributed by atoms with Gasteiger partial charge in [0.05, 0.1) is 0 Å². The van der Waals surface area contributed by atoms with E-state index in [2.05, 4.69) is 163 Å². The molecule has 8 aromatic carbocycles. The summed E-state index contributed by atoms with van der Waals surface area (Å²) in [5.41, 5.74) is 17.9. The minimum Gasteiger partial charge on any atom is -0.456 e. The molecule has 4 nitrogen and oxygen atoms in total. The number of nitrogens with one attached hydrogen (secondary N) is 1. The molecule has 1 aliphatic heterocycles. The molecule has 0 fully saturated rings. The predicted molar refractivity (Wildman–Crippen MR) is 248 cm³/mol. The van der Waals surface area contributed by atoms with Crippen LogP contribution in [-0.2, 0) is 6.42 Å². The van der Waals surface area contributed by atoms with Crippen LogP contribution in [0.3, 0.4) is 0 Å². The van der Waals surface area contributed by atoms with Crippen LogP contribution in [0.2, 0.25) is 0 Å². The average molecular weight is 770 g/mol. The van der Waals surface area contributed by atoms with Gasteiger partial charge in [-0.2, -0.15) is 0 Å². The lowest BCUT2D eigenvalue weighted by Crippen LogP contribution is -2.34. The van der Waals surface area contributed by atoms with Gasteiger partial charge in [0.25, 0.3) is 0 Å². The minimum absolute atomic E-state index is 0.293. The predicted octanol–water partition coefficient (Wildman–Crippen LogP) is 13.9. The summed E-state index contributed by atoms with van der Waals surface area (Å²) >= 11 is 0. The lowest BCUT2D eigenvalue weighted by molar-refractivity contribution is 0.669. The Bertz CT molecular complexity index is 3290. The molecule has 0 saturated heterocycles. The molecular weight excluding hydrogens is 731 g/mol. The van der Waals surface area contributed by atoms with Crippen LogP contribution in [0.5, 0.6) is 0 Å². The number of hydrogen-bond acceptors (Lipinski definition) is 4. The number of para-hydroxylation sites is 1. The molecule has 1 aromatic heterocycles. The highest BCUT2D eigenvalue weighted by Gasteiger charge is 2.24. The van der Waals surface area contributed by atoms with Gasteiger partial charge < -0.3 is 9.73 Å². The lowest BCUT2D eigenvalue weighted by Gasteiger charge is -2.25. The van der Waals surface area contributed by atoms with E-state index in [0.717, 1.165) is 80.7 Å². The van der Waals surface area contributed by atoms with Crippen LogP contribution < -0.4 is 5.32 Å². The van der Waals surface area contributed by atoms with Crippen LogP contribution in [0.25, 0.3) is 71.7 Å². The van der Waals surface area contributed by atoms with Crippen molar-refractivity contribution in [3.8, 4) is 33.4 Å². The van der Waals surface area contributed by atoms with Crippen LogP contribution in [0.1, 0.15) is 46.8 Å².